The molecule has 1 atom stereocenters. The smallest absolute Gasteiger partial charge is 0.155 e. The number of nitroso groups, excluding NO2 is 1. The number of carbonyl (C=O) groups is 1. The molecule has 0 fully saturated rings. The van der Waals surface area contributed by atoms with E-state index in [1.165, 1.54) is 6.08 Å². The first-order valence-corrected chi connectivity index (χ1v) is 3.78. The largest absolute Gasteiger partial charge is 0.295 e. The van der Waals surface area contributed by atoms with Gasteiger partial charge in [0.2, 0.25) is 0 Å². The highest BCUT2D eigenvalue weighted by molar-refractivity contribution is 5.89. The third-order valence-corrected chi connectivity index (χ3v) is 1.41. The third-order valence-electron chi connectivity index (χ3n) is 1.41. The molecule has 0 spiro atoms. The summed E-state index contributed by atoms with van der Waals surface area (Å²) in [6.45, 7) is 3.63. The summed E-state index contributed by atoms with van der Waals surface area (Å²) >= 11 is 0. The number of rotatable bonds is 5. The van der Waals surface area contributed by atoms with Gasteiger partial charge in [0.25, 0.3) is 0 Å². The van der Waals surface area contributed by atoms with Gasteiger partial charge in [0, 0.05) is 6.42 Å². The molecular weight excluding hydrogens is 142 g/mol. The van der Waals surface area contributed by atoms with Gasteiger partial charge in [0.15, 0.2) is 5.78 Å². The van der Waals surface area contributed by atoms with E-state index < -0.39 is 0 Å². The van der Waals surface area contributed by atoms with Gasteiger partial charge in [0.1, 0.15) is 6.04 Å². The van der Waals surface area contributed by atoms with E-state index in [1.807, 2.05) is 6.92 Å². The lowest BCUT2D eigenvalue weighted by Crippen LogP contribution is -1.97. The van der Waals surface area contributed by atoms with Gasteiger partial charge < -0.3 is 0 Å². The Morgan fingerprint density at radius 1 is 1.55 bits per heavy atom. The van der Waals surface area contributed by atoms with Crippen molar-refractivity contribution in [1.29, 1.82) is 0 Å². The Kier molecular flexibility index (Phi) is 5.25. The molecule has 3 heteroatoms. The van der Waals surface area contributed by atoms with Crippen molar-refractivity contribution in [1.82, 2.24) is 0 Å². The minimum atomic E-state index is -0.342. The molecule has 1 unspecified atom stereocenters. The van der Waals surface area contributed by atoms with Gasteiger partial charge in [0.05, 0.1) is 0 Å². The number of hydrogen-bond acceptors (Lipinski definition) is 3. The maximum atomic E-state index is 10.7. The molecule has 62 valence electrons. The first kappa shape index (κ1) is 10.0. The zero-order valence-corrected chi connectivity index (χ0v) is 6.91. The normalized spacial score (nSPS) is 13.3. The van der Waals surface area contributed by atoms with E-state index >= 15 is 0 Å². The second-order valence-electron chi connectivity index (χ2n) is 2.26. The zero-order chi connectivity index (χ0) is 8.69. The molecule has 0 aliphatic heterocycles. The topological polar surface area (TPSA) is 46.5 Å². The molecule has 0 saturated heterocycles. The molecule has 0 aliphatic carbocycles. The standard InChI is InChI=1S/C8H13NO2/c1-3-7(9-11)5-6-8(10)4-2/h5-7H,3-4H2,1-2H3. The summed E-state index contributed by atoms with van der Waals surface area (Å²) < 4.78 is 0. The monoisotopic (exact) mass is 155 g/mol. The van der Waals surface area contributed by atoms with E-state index in [0.717, 1.165) is 0 Å². The first-order valence-electron chi connectivity index (χ1n) is 3.78. The van der Waals surface area contributed by atoms with Crippen molar-refractivity contribution in [2.75, 3.05) is 0 Å². The van der Waals surface area contributed by atoms with Gasteiger partial charge in [-0.15, -0.1) is 0 Å². The summed E-state index contributed by atoms with van der Waals surface area (Å²) in [7, 11) is 0. The van der Waals surface area contributed by atoms with Crippen LogP contribution in [0.15, 0.2) is 17.3 Å². The Bertz CT molecular complexity index is 163. The van der Waals surface area contributed by atoms with E-state index in [9.17, 15) is 9.70 Å². The zero-order valence-electron chi connectivity index (χ0n) is 6.91. The lowest BCUT2D eigenvalue weighted by molar-refractivity contribution is -0.114. The fourth-order valence-corrected chi connectivity index (χ4v) is 0.582. The number of ketones is 1. The molecule has 11 heavy (non-hydrogen) atoms. The van der Waals surface area contributed by atoms with Crippen LogP contribution in [0.1, 0.15) is 26.7 Å². The van der Waals surface area contributed by atoms with E-state index in [4.69, 9.17) is 0 Å². The van der Waals surface area contributed by atoms with E-state index in [0.29, 0.717) is 12.8 Å². The molecule has 0 aromatic heterocycles. The number of allylic oxidation sites excluding steroid dienone is 1. The molecule has 3 nitrogen and oxygen atoms in total. The number of nitrogens with zero attached hydrogens (tertiary/aromatic N) is 1. The van der Waals surface area contributed by atoms with Crippen LogP contribution in [0.4, 0.5) is 0 Å². The Hall–Kier alpha value is -0.990. The Morgan fingerprint density at radius 2 is 2.18 bits per heavy atom. The molecule has 0 radical (unpaired) electrons. The molecule has 0 aromatic rings. The summed E-state index contributed by atoms with van der Waals surface area (Å²) in [4.78, 5) is 20.7. The van der Waals surface area contributed by atoms with Crippen molar-refractivity contribution < 1.29 is 4.79 Å². The van der Waals surface area contributed by atoms with Gasteiger partial charge in [-0.05, 0) is 12.5 Å². The van der Waals surface area contributed by atoms with Crippen LogP contribution in [-0.2, 0) is 4.79 Å². The molecule has 0 heterocycles. The molecule has 0 amide bonds. The summed E-state index contributed by atoms with van der Waals surface area (Å²) in [5.74, 6) is 0.0344. The molecule has 0 aliphatic rings. The highest BCUT2D eigenvalue weighted by Gasteiger charge is 1.99. The van der Waals surface area contributed by atoms with Crippen LogP contribution < -0.4 is 0 Å². The minimum Gasteiger partial charge on any atom is -0.295 e. The lowest BCUT2D eigenvalue weighted by atomic mass is 10.2. The van der Waals surface area contributed by atoms with Crippen LogP contribution in [0.3, 0.4) is 0 Å². The fourth-order valence-electron chi connectivity index (χ4n) is 0.582. The Labute approximate surface area is 66.5 Å². The molecule has 0 bridgehead atoms. The average molecular weight is 155 g/mol. The van der Waals surface area contributed by atoms with Crippen LogP contribution in [0.25, 0.3) is 0 Å². The fraction of sp³-hybridized carbons (Fsp3) is 0.625. The van der Waals surface area contributed by atoms with Gasteiger partial charge in [-0.25, -0.2) is 0 Å². The molecule has 0 aromatic carbocycles. The van der Waals surface area contributed by atoms with E-state index in [1.54, 1.807) is 13.0 Å². The predicted octanol–water partition coefficient (Wildman–Crippen LogP) is 2.07. The van der Waals surface area contributed by atoms with Crippen LogP contribution in [0, 0.1) is 4.91 Å². The maximum Gasteiger partial charge on any atom is 0.155 e. The van der Waals surface area contributed by atoms with Crippen molar-refractivity contribution in [3.63, 3.8) is 0 Å². The summed E-state index contributed by atoms with van der Waals surface area (Å²) in [6, 6.07) is -0.342. The van der Waals surface area contributed by atoms with Crippen molar-refractivity contribution in [3.8, 4) is 0 Å². The van der Waals surface area contributed by atoms with Crippen molar-refractivity contribution >= 4 is 5.78 Å². The third kappa shape index (κ3) is 4.42. The summed E-state index contributed by atoms with van der Waals surface area (Å²) in [5, 5.41) is 2.82. The van der Waals surface area contributed by atoms with Gasteiger partial charge in [-0.2, -0.15) is 4.91 Å². The lowest BCUT2D eigenvalue weighted by Gasteiger charge is -1.95. The van der Waals surface area contributed by atoms with Crippen molar-refractivity contribution in [2.24, 2.45) is 5.18 Å². The van der Waals surface area contributed by atoms with Crippen LogP contribution >= 0.6 is 0 Å². The molecular formula is C8H13NO2. The van der Waals surface area contributed by atoms with E-state index in [2.05, 4.69) is 5.18 Å². The van der Waals surface area contributed by atoms with E-state index in [-0.39, 0.29) is 11.8 Å². The number of carbonyl (C=O) groups excluding carboxylic acids is 1. The summed E-state index contributed by atoms with van der Waals surface area (Å²) in [6.07, 6.45) is 4.11. The molecule has 0 N–H and O–H groups in total. The Morgan fingerprint density at radius 3 is 2.55 bits per heavy atom. The van der Waals surface area contributed by atoms with Crippen molar-refractivity contribution in [3.05, 3.63) is 17.1 Å². The Balaban J connectivity index is 3.88. The second-order valence-corrected chi connectivity index (χ2v) is 2.26. The first-order chi connectivity index (χ1) is 5.24. The minimum absolute atomic E-state index is 0.0344. The second kappa shape index (κ2) is 5.77. The van der Waals surface area contributed by atoms with Crippen molar-refractivity contribution in [2.45, 2.75) is 32.7 Å². The van der Waals surface area contributed by atoms with Gasteiger partial charge >= 0.3 is 0 Å². The van der Waals surface area contributed by atoms with Gasteiger partial charge in [-0.3, -0.25) is 4.79 Å². The summed E-state index contributed by atoms with van der Waals surface area (Å²) in [5.41, 5.74) is 0. The predicted molar refractivity (Wildman–Crippen MR) is 44.3 cm³/mol. The molecule has 0 rings (SSSR count). The highest BCUT2D eigenvalue weighted by Crippen LogP contribution is 1.98. The number of hydrogen-bond donors (Lipinski definition) is 0. The van der Waals surface area contributed by atoms with Crippen LogP contribution in [-0.4, -0.2) is 11.8 Å². The van der Waals surface area contributed by atoms with Crippen LogP contribution in [0.5, 0.6) is 0 Å². The van der Waals surface area contributed by atoms with Crippen LogP contribution in [0.2, 0.25) is 0 Å². The SMILES string of the molecule is CCC(=O)C=CC(CC)N=O. The average Bonchev–Trinajstić information content (AvgIpc) is 2.06. The molecule has 0 saturated carbocycles. The van der Waals surface area contributed by atoms with Gasteiger partial charge in [-0.1, -0.05) is 25.1 Å². The highest BCUT2D eigenvalue weighted by atomic mass is 16.3. The maximum absolute atomic E-state index is 10.7. The quantitative estimate of drug-likeness (QED) is 0.450.